The smallest absolute Gasteiger partial charge is 0.339 e. The summed E-state index contributed by atoms with van der Waals surface area (Å²) in [7, 11) is -1.79. The van der Waals surface area contributed by atoms with Gasteiger partial charge >= 0.3 is 5.97 Å². The van der Waals surface area contributed by atoms with Crippen LogP contribution in [0.25, 0.3) is 0 Å². The second kappa shape index (κ2) is 7.15. The van der Waals surface area contributed by atoms with Gasteiger partial charge in [-0.3, -0.25) is 0 Å². The van der Waals surface area contributed by atoms with Crippen molar-refractivity contribution in [3.05, 3.63) is 34.9 Å². The number of fused-ring (bicyclic) bond motifs is 1. The Bertz CT molecular complexity index is 655. The van der Waals surface area contributed by atoms with Crippen molar-refractivity contribution in [2.24, 2.45) is 0 Å². The first kappa shape index (κ1) is 18.8. The lowest BCUT2D eigenvalue weighted by molar-refractivity contribution is 0.0373. The lowest BCUT2D eigenvalue weighted by Gasteiger charge is -2.38. The number of cyclic esters (lactones) is 1. The van der Waals surface area contributed by atoms with E-state index in [1.165, 1.54) is 0 Å². The minimum atomic E-state index is -1.79. The summed E-state index contributed by atoms with van der Waals surface area (Å²) in [5.74, 6) is 3.14. The quantitative estimate of drug-likeness (QED) is 0.423. The highest BCUT2D eigenvalue weighted by atomic mass is 28.3. The maximum Gasteiger partial charge on any atom is 0.339 e. The Morgan fingerprint density at radius 1 is 1.08 bits per heavy atom. The van der Waals surface area contributed by atoms with Crippen LogP contribution in [0.15, 0.2) is 18.2 Å². The molecule has 1 aliphatic rings. The highest BCUT2D eigenvalue weighted by molar-refractivity contribution is 6.90. The number of ether oxygens (including phenoxy) is 1. The highest BCUT2D eigenvalue weighted by Gasteiger charge is 2.42. The van der Waals surface area contributed by atoms with Gasteiger partial charge in [0.15, 0.2) is 6.10 Å². The van der Waals surface area contributed by atoms with E-state index in [4.69, 9.17) is 4.74 Å². The molecule has 3 heteroatoms. The number of rotatable bonds is 3. The van der Waals surface area contributed by atoms with Gasteiger partial charge in [0, 0.05) is 6.42 Å². The SMILES string of the molecule is Cc1cccc2c1C(=O)OC(C#C[Si](C(C)C)(C(C)C)C(C)C)C2. The number of carbonyl (C=O) groups excluding carboxylic acids is 1. The van der Waals surface area contributed by atoms with E-state index in [0.29, 0.717) is 23.0 Å². The van der Waals surface area contributed by atoms with Gasteiger partial charge in [0.1, 0.15) is 8.07 Å². The molecule has 0 spiro atoms. The first-order chi connectivity index (χ1) is 11.2. The summed E-state index contributed by atoms with van der Waals surface area (Å²) in [6, 6.07) is 5.99. The number of benzene rings is 1. The van der Waals surface area contributed by atoms with Gasteiger partial charge in [-0.05, 0) is 34.7 Å². The van der Waals surface area contributed by atoms with Gasteiger partial charge in [-0.2, -0.15) is 0 Å². The van der Waals surface area contributed by atoms with Gasteiger partial charge in [-0.25, -0.2) is 4.79 Å². The summed E-state index contributed by atoms with van der Waals surface area (Å²) in [5.41, 5.74) is 8.21. The first-order valence-corrected chi connectivity index (χ1v) is 11.3. The fourth-order valence-electron chi connectivity index (χ4n) is 4.34. The summed E-state index contributed by atoms with van der Waals surface area (Å²) in [6.07, 6.45) is 0.393. The van der Waals surface area contributed by atoms with Crippen molar-refractivity contribution in [1.82, 2.24) is 0 Å². The molecule has 1 aromatic rings. The van der Waals surface area contributed by atoms with Crippen LogP contribution in [0.1, 0.15) is 63.0 Å². The lowest BCUT2D eigenvalue weighted by Crippen LogP contribution is -2.43. The predicted molar refractivity (Wildman–Crippen MR) is 103 cm³/mol. The molecule has 0 saturated heterocycles. The third-order valence-corrected chi connectivity index (χ3v) is 11.8. The van der Waals surface area contributed by atoms with Crippen LogP contribution in [0.5, 0.6) is 0 Å². The van der Waals surface area contributed by atoms with Crippen LogP contribution < -0.4 is 0 Å². The molecule has 1 heterocycles. The van der Waals surface area contributed by atoms with Crippen LogP contribution >= 0.6 is 0 Å². The van der Waals surface area contributed by atoms with E-state index >= 15 is 0 Å². The minimum Gasteiger partial charge on any atom is -0.445 e. The Hall–Kier alpha value is -1.53. The summed E-state index contributed by atoms with van der Waals surface area (Å²) in [6.45, 7) is 15.7. The maximum atomic E-state index is 12.4. The second-order valence-electron chi connectivity index (χ2n) is 7.87. The van der Waals surface area contributed by atoms with Crippen LogP contribution in [0.4, 0.5) is 0 Å². The van der Waals surface area contributed by atoms with E-state index < -0.39 is 8.07 Å². The molecule has 0 aromatic heterocycles. The van der Waals surface area contributed by atoms with Crippen molar-refractivity contribution < 1.29 is 9.53 Å². The molecular formula is C21H30O2Si. The van der Waals surface area contributed by atoms with Crippen molar-refractivity contribution in [2.75, 3.05) is 0 Å². The molecule has 130 valence electrons. The molecule has 2 rings (SSSR count). The molecule has 1 unspecified atom stereocenters. The zero-order valence-electron chi connectivity index (χ0n) is 16.1. The van der Waals surface area contributed by atoms with E-state index in [1.807, 2.05) is 25.1 Å². The fraction of sp³-hybridized carbons (Fsp3) is 0.571. The molecule has 0 amide bonds. The second-order valence-corrected chi connectivity index (χ2v) is 13.5. The van der Waals surface area contributed by atoms with Crippen molar-refractivity contribution in [2.45, 2.75) is 77.6 Å². The standard InChI is InChI=1S/C21H30O2Si/c1-14(2)24(15(3)4,16(5)6)12-11-19-13-18-10-8-9-17(7)20(18)21(22)23-19/h8-10,14-16,19H,13H2,1-7H3. The molecule has 0 saturated carbocycles. The molecule has 1 aliphatic heterocycles. The molecular weight excluding hydrogens is 312 g/mol. The maximum absolute atomic E-state index is 12.4. The molecule has 0 N–H and O–H groups in total. The molecule has 0 aliphatic carbocycles. The van der Waals surface area contributed by atoms with Crippen LogP contribution in [-0.2, 0) is 11.2 Å². The van der Waals surface area contributed by atoms with Gasteiger partial charge in [0.2, 0.25) is 0 Å². The third kappa shape index (κ3) is 3.30. The monoisotopic (exact) mass is 342 g/mol. The molecule has 1 atom stereocenters. The van der Waals surface area contributed by atoms with E-state index in [-0.39, 0.29) is 12.1 Å². The Kier molecular flexibility index (Phi) is 5.60. The van der Waals surface area contributed by atoms with Crippen molar-refractivity contribution in [3.63, 3.8) is 0 Å². The Morgan fingerprint density at radius 3 is 2.21 bits per heavy atom. The van der Waals surface area contributed by atoms with Gasteiger partial charge in [-0.15, -0.1) is 5.54 Å². The van der Waals surface area contributed by atoms with Gasteiger partial charge in [0.05, 0.1) is 5.56 Å². The first-order valence-electron chi connectivity index (χ1n) is 9.02. The normalized spacial score (nSPS) is 17.6. The molecule has 24 heavy (non-hydrogen) atoms. The molecule has 2 nitrogen and oxygen atoms in total. The zero-order valence-corrected chi connectivity index (χ0v) is 17.1. The number of carbonyl (C=O) groups is 1. The molecule has 0 radical (unpaired) electrons. The number of hydrogen-bond acceptors (Lipinski definition) is 2. The number of esters is 1. The Labute approximate surface area is 148 Å². The van der Waals surface area contributed by atoms with E-state index in [9.17, 15) is 4.79 Å². The number of aryl methyl sites for hydroxylation is 1. The Morgan fingerprint density at radius 2 is 1.67 bits per heavy atom. The van der Waals surface area contributed by atoms with Crippen LogP contribution in [0, 0.1) is 18.4 Å². The van der Waals surface area contributed by atoms with Crippen molar-refractivity contribution in [1.29, 1.82) is 0 Å². The Balaban J connectivity index is 2.36. The fourth-order valence-corrected chi connectivity index (χ4v) is 9.62. The summed E-state index contributed by atoms with van der Waals surface area (Å²) < 4.78 is 5.64. The summed E-state index contributed by atoms with van der Waals surface area (Å²) in [4.78, 5) is 12.4. The third-order valence-electron chi connectivity index (χ3n) is 5.53. The topological polar surface area (TPSA) is 26.3 Å². The van der Waals surface area contributed by atoms with Crippen molar-refractivity contribution >= 4 is 14.0 Å². The van der Waals surface area contributed by atoms with E-state index in [2.05, 4.69) is 53.0 Å². The molecule has 1 aromatic carbocycles. The summed E-state index contributed by atoms with van der Waals surface area (Å²) >= 11 is 0. The van der Waals surface area contributed by atoms with Gasteiger partial charge in [-0.1, -0.05) is 65.7 Å². The molecule has 0 fully saturated rings. The minimum absolute atomic E-state index is 0.223. The van der Waals surface area contributed by atoms with E-state index in [0.717, 1.165) is 16.7 Å². The highest BCUT2D eigenvalue weighted by Crippen LogP contribution is 2.40. The largest absolute Gasteiger partial charge is 0.445 e. The van der Waals surface area contributed by atoms with Gasteiger partial charge < -0.3 is 4.74 Å². The summed E-state index contributed by atoms with van der Waals surface area (Å²) in [5, 5.41) is 0. The predicted octanol–water partition coefficient (Wildman–Crippen LogP) is 5.30. The van der Waals surface area contributed by atoms with E-state index in [1.54, 1.807) is 0 Å². The van der Waals surface area contributed by atoms with Gasteiger partial charge in [0.25, 0.3) is 0 Å². The number of hydrogen-bond donors (Lipinski definition) is 0. The lowest BCUT2D eigenvalue weighted by atomic mass is 9.95. The van der Waals surface area contributed by atoms with Crippen LogP contribution in [-0.4, -0.2) is 20.1 Å². The average Bonchev–Trinajstić information content (AvgIpc) is 2.46. The molecule has 0 bridgehead atoms. The van der Waals surface area contributed by atoms with Crippen LogP contribution in [0.2, 0.25) is 16.6 Å². The van der Waals surface area contributed by atoms with Crippen molar-refractivity contribution in [3.8, 4) is 11.5 Å². The average molecular weight is 343 g/mol. The van der Waals surface area contributed by atoms with Crippen LogP contribution in [0.3, 0.4) is 0 Å². The zero-order chi connectivity index (χ0) is 18.1.